The van der Waals surface area contributed by atoms with E-state index in [9.17, 15) is 18.0 Å². The van der Waals surface area contributed by atoms with Crippen molar-refractivity contribution in [3.05, 3.63) is 58.1 Å². The molecule has 2 aromatic rings. The summed E-state index contributed by atoms with van der Waals surface area (Å²) in [5.74, 6) is -0.417. The van der Waals surface area contributed by atoms with Gasteiger partial charge in [-0.25, -0.2) is 8.42 Å². The number of methoxy groups -OCH3 is 1. The number of nitrogens with zero attached hydrogens (tertiary/aromatic N) is 2. The number of amides is 2. The maximum absolute atomic E-state index is 13.5. The third-order valence-corrected chi connectivity index (χ3v) is 6.79. The molecule has 8 nitrogen and oxygen atoms in total. The zero-order valence-corrected chi connectivity index (χ0v) is 23.0. The molecule has 2 amide bonds. The van der Waals surface area contributed by atoms with E-state index in [1.165, 1.54) is 12.0 Å². The van der Waals surface area contributed by atoms with Gasteiger partial charge in [-0.1, -0.05) is 29.3 Å². The molecule has 11 heteroatoms. The number of sulfonamides is 1. The van der Waals surface area contributed by atoms with Gasteiger partial charge in [0.2, 0.25) is 21.8 Å². The molecule has 1 atom stereocenters. The fourth-order valence-corrected chi connectivity index (χ4v) is 4.57. The number of halogens is 2. The van der Waals surface area contributed by atoms with Crippen molar-refractivity contribution >= 4 is 50.7 Å². The molecule has 0 heterocycles. The van der Waals surface area contributed by atoms with Crippen molar-refractivity contribution in [2.75, 3.05) is 24.2 Å². The molecule has 0 saturated heterocycles. The van der Waals surface area contributed by atoms with Gasteiger partial charge in [-0.05, 0) is 69.7 Å². The molecule has 192 valence electrons. The maximum Gasteiger partial charge on any atom is 0.244 e. The van der Waals surface area contributed by atoms with Crippen LogP contribution < -0.4 is 14.4 Å². The van der Waals surface area contributed by atoms with Crippen molar-refractivity contribution in [1.29, 1.82) is 0 Å². The first-order chi connectivity index (χ1) is 16.1. The molecular weight excluding hydrogens is 513 g/mol. The number of carbonyl (C=O) groups is 2. The second-order valence-electron chi connectivity index (χ2n) is 9.14. The molecular formula is C24H31Cl2N3O5S. The lowest BCUT2D eigenvalue weighted by Gasteiger charge is -2.33. The van der Waals surface area contributed by atoms with Gasteiger partial charge >= 0.3 is 0 Å². The summed E-state index contributed by atoms with van der Waals surface area (Å²) >= 11 is 12.3. The minimum absolute atomic E-state index is 0.0201. The van der Waals surface area contributed by atoms with Gasteiger partial charge in [0.15, 0.2) is 0 Å². The van der Waals surface area contributed by atoms with Crippen LogP contribution in [0.25, 0.3) is 0 Å². The number of ether oxygens (including phenoxy) is 1. The maximum atomic E-state index is 13.5. The van der Waals surface area contributed by atoms with E-state index in [-0.39, 0.29) is 18.1 Å². The van der Waals surface area contributed by atoms with Crippen LogP contribution in [0.4, 0.5) is 5.69 Å². The Kier molecular flexibility index (Phi) is 9.44. The Morgan fingerprint density at radius 2 is 1.69 bits per heavy atom. The molecule has 0 spiro atoms. The summed E-state index contributed by atoms with van der Waals surface area (Å²) in [6.45, 7) is 6.54. The average molecular weight is 545 g/mol. The van der Waals surface area contributed by atoms with E-state index in [1.54, 1.807) is 49.4 Å². The predicted molar refractivity (Wildman–Crippen MR) is 140 cm³/mol. The zero-order chi connectivity index (χ0) is 26.6. The van der Waals surface area contributed by atoms with Crippen LogP contribution >= 0.6 is 23.2 Å². The molecule has 1 N–H and O–H groups in total. The van der Waals surface area contributed by atoms with Gasteiger partial charge in [0.25, 0.3) is 0 Å². The Balaban J connectivity index is 2.43. The highest BCUT2D eigenvalue weighted by Gasteiger charge is 2.31. The molecule has 0 unspecified atom stereocenters. The van der Waals surface area contributed by atoms with Crippen LogP contribution in [0.3, 0.4) is 0 Å². The second-order valence-corrected chi connectivity index (χ2v) is 11.9. The van der Waals surface area contributed by atoms with Crippen LogP contribution in [0.2, 0.25) is 10.0 Å². The van der Waals surface area contributed by atoms with Crippen molar-refractivity contribution in [2.24, 2.45) is 0 Å². The van der Waals surface area contributed by atoms with Crippen LogP contribution in [0.15, 0.2) is 42.5 Å². The smallest absolute Gasteiger partial charge is 0.244 e. The summed E-state index contributed by atoms with van der Waals surface area (Å²) < 4.78 is 31.3. The van der Waals surface area contributed by atoms with Gasteiger partial charge in [0.05, 0.1) is 19.1 Å². The fourth-order valence-electron chi connectivity index (χ4n) is 3.25. The van der Waals surface area contributed by atoms with Crippen LogP contribution in [0.1, 0.15) is 33.3 Å². The normalized spacial score (nSPS) is 12.6. The Morgan fingerprint density at radius 1 is 1.09 bits per heavy atom. The third kappa shape index (κ3) is 8.30. The quantitative estimate of drug-likeness (QED) is 0.513. The minimum atomic E-state index is -3.83. The molecule has 0 aliphatic carbocycles. The molecule has 2 aromatic carbocycles. The van der Waals surface area contributed by atoms with Gasteiger partial charge in [0.1, 0.15) is 18.3 Å². The summed E-state index contributed by atoms with van der Waals surface area (Å²) in [5.41, 5.74) is 0.327. The van der Waals surface area contributed by atoms with Crippen LogP contribution in [-0.4, -0.2) is 56.6 Å². The number of hydrogen-bond donors (Lipinski definition) is 1. The number of rotatable bonds is 9. The SMILES string of the molecule is COc1ccc(N(CC(=O)N(Cc2ccc(Cl)cc2Cl)[C@@H](C)C(=O)NC(C)(C)C)S(C)(=O)=O)cc1. The second kappa shape index (κ2) is 11.5. The van der Waals surface area contributed by atoms with Crippen molar-refractivity contribution < 1.29 is 22.7 Å². The number of benzene rings is 2. The van der Waals surface area contributed by atoms with Gasteiger partial charge in [-0.3, -0.25) is 13.9 Å². The molecule has 0 saturated carbocycles. The van der Waals surface area contributed by atoms with Crippen molar-refractivity contribution in [3.63, 3.8) is 0 Å². The lowest BCUT2D eigenvalue weighted by molar-refractivity contribution is -0.140. The van der Waals surface area contributed by atoms with Crippen LogP contribution in [0.5, 0.6) is 5.75 Å². The summed E-state index contributed by atoms with van der Waals surface area (Å²) in [7, 11) is -2.33. The summed E-state index contributed by atoms with van der Waals surface area (Å²) in [5, 5.41) is 3.62. The Labute approximate surface area is 217 Å². The van der Waals surface area contributed by atoms with E-state index in [0.29, 0.717) is 21.4 Å². The number of hydrogen-bond acceptors (Lipinski definition) is 5. The summed E-state index contributed by atoms with van der Waals surface area (Å²) in [4.78, 5) is 27.8. The van der Waals surface area contributed by atoms with Gasteiger partial charge in [0, 0.05) is 22.1 Å². The highest BCUT2D eigenvalue weighted by Crippen LogP contribution is 2.25. The lowest BCUT2D eigenvalue weighted by atomic mass is 10.1. The molecule has 0 fully saturated rings. The zero-order valence-electron chi connectivity index (χ0n) is 20.6. The number of anilines is 1. The Morgan fingerprint density at radius 3 is 2.17 bits per heavy atom. The topological polar surface area (TPSA) is 96.0 Å². The monoisotopic (exact) mass is 543 g/mol. The van der Waals surface area contributed by atoms with E-state index in [1.807, 2.05) is 20.8 Å². The highest BCUT2D eigenvalue weighted by molar-refractivity contribution is 7.92. The van der Waals surface area contributed by atoms with Crippen molar-refractivity contribution in [3.8, 4) is 5.75 Å². The first kappa shape index (κ1) is 28.7. The van der Waals surface area contributed by atoms with E-state index in [4.69, 9.17) is 27.9 Å². The average Bonchev–Trinajstić information content (AvgIpc) is 2.74. The Hall–Kier alpha value is -2.49. The minimum Gasteiger partial charge on any atom is -0.497 e. The van der Waals surface area contributed by atoms with Crippen molar-refractivity contribution in [2.45, 2.75) is 45.8 Å². The highest BCUT2D eigenvalue weighted by atomic mass is 35.5. The summed E-state index contributed by atoms with van der Waals surface area (Å²) in [6, 6.07) is 10.2. The molecule has 0 bridgehead atoms. The van der Waals surface area contributed by atoms with E-state index < -0.39 is 34.1 Å². The third-order valence-electron chi connectivity index (χ3n) is 5.06. The predicted octanol–water partition coefficient (Wildman–Crippen LogP) is 4.10. The number of nitrogens with one attached hydrogen (secondary N) is 1. The van der Waals surface area contributed by atoms with E-state index in [2.05, 4.69) is 5.32 Å². The first-order valence-electron chi connectivity index (χ1n) is 10.8. The molecule has 0 aromatic heterocycles. The molecule has 35 heavy (non-hydrogen) atoms. The summed E-state index contributed by atoms with van der Waals surface area (Å²) in [6.07, 6.45) is 1.01. The fraction of sp³-hybridized carbons (Fsp3) is 0.417. The van der Waals surface area contributed by atoms with Crippen LogP contribution in [-0.2, 0) is 26.2 Å². The van der Waals surface area contributed by atoms with Gasteiger partial charge in [-0.2, -0.15) is 0 Å². The first-order valence-corrected chi connectivity index (χ1v) is 13.4. The standard InChI is InChI=1S/C24H31Cl2N3O5S/c1-16(23(31)27-24(2,3)4)28(14-17-7-8-18(25)13-21(17)26)22(30)15-29(35(6,32)33)19-9-11-20(34-5)12-10-19/h7-13,16H,14-15H2,1-6H3,(H,27,31)/t16-/m0/s1. The Bertz CT molecular complexity index is 1160. The number of carbonyl (C=O) groups excluding carboxylic acids is 2. The molecule has 0 aliphatic rings. The van der Waals surface area contributed by atoms with E-state index in [0.717, 1.165) is 10.6 Å². The molecule has 2 rings (SSSR count). The molecule has 0 aliphatic heterocycles. The largest absolute Gasteiger partial charge is 0.497 e. The van der Waals surface area contributed by atoms with Crippen molar-refractivity contribution in [1.82, 2.24) is 10.2 Å². The van der Waals surface area contributed by atoms with Gasteiger partial charge < -0.3 is 15.0 Å². The van der Waals surface area contributed by atoms with Gasteiger partial charge in [-0.15, -0.1) is 0 Å². The molecule has 0 radical (unpaired) electrons. The van der Waals surface area contributed by atoms with Crippen LogP contribution in [0, 0.1) is 0 Å². The van der Waals surface area contributed by atoms with E-state index >= 15 is 0 Å². The lowest BCUT2D eigenvalue weighted by Crippen LogP contribution is -2.54.